The van der Waals surface area contributed by atoms with Gasteiger partial charge in [-0.2, -0.15) is 0 Å². The van der Waals surface area contributed by atoms with E-state index in [1.807, 2.05) is 23.5 Å². The fourth-order valence-electron chi connectivity index (χ4n) is 7.44. The van der Waals surface area contributed by atoms with E-state index < -0.39 is 0 Å². The van der Waals surface area contributed by atoms with Gasteiger partial charge in [0.25, 0.3) is 0 Å². The maximum Gasteiger partial charge on any atom is 0.159 e. The van der Waals surface area contributed by atoms with Gasteiger partial charge in [-0.3, -0.25) is 0 Å². The summed E-state index contributed by atoms with van der Waals surface area (Å²) in [6.45, 7) is 0. The molecule has 2 aromatic heterocycles. The normalized spacial score (nSPS) is 11.5. The van der Waals surface area contributed by atoms with Crippen LogP contribution in [0.1, 0.15) is 0 Å². The Morgan fingerprint density at radius 2 is 0.941 bits per heavy atom. The smallest absolute Gasteiger partial charge is 0.159 e. The molecule has 0 atom stereocenters. The van der Waals surface area contributed by atoms with Crippen LogP contribution < -0.4 is 4.90 Å². The zero-order valence-corrected chi connectivity index (χ0v) is 28.5. The topological polar surface area (TPSA) is 16.4 Å². The van der Waals surface area contributed by atoms with Crippen LogP contribution in [-0.2, 0) is 0 Å². The zero-order valence-electron chi connectivity index (χ0n) is 27.7. The van der Waals surface area contributed by atoms with Gasteiger partial charge >= 0.3 is 0 Å². The molecule has 0 saturated carbocycles. The van der Waals surface area contributed by atoms with E-state index >= 15 is 0 Å². The van der Waals surface area contributed by atoms with Crippen LogP contribution in [0.4, 0.5) is 17.1 Å². The summed E-state index contributed by atoms with van der Waals surface area (Å²) in [7, 11) is 0. The van der Waals surface area contributed by atoms with Crippen molar-refractivity contribution in [2.24, 2.45) is 0 Å². The van der Waals surface area contributed by atoms with Crippen LogP contribution in [0, 0.1) is 0 Å². The Bertz CT molecular complexity index is 2850. The molecule has 2 nitrogen and oxygen atoms in total. The second kappa shape index (κ2) is 12.2. The van der Waals surface area contributed by atoms with Crippen molar-refractivity contribution in [3.63, 3.8) is 0 Å². The van der Waals surface area contributed by atoms with Crippen LogP contribution in [-0.4, -0.2) is 0 Å². The molecule has 10 rings (SSSR count). The van der Waals surface area contributed by atoms with E-state index in [0.717, 1.165) is 39.0 Å². The first-order valence-corrected chi connectivity index (χ1v) is 18.1. The van der Waals surface area contributed by atoms with Gasteiger partial charge in [0, 0.05) is 42.3 Å². The van der Waals surface area contributed by atoms with Crippen molar-refractivity contribution in [2.75, 3.05) is 4.90 Å². The van der Waals surface area contributed by atoms with Crippen LogP contribution >= 0.6 is 11.3 Å². The molecule has 0 aliphatic heterocycles. The lowest BCUT2D eigenvalue weighted by Crippen LogP contribution is -2.10. The molecule has 2 heterocycles. The zero-order chi connectivity index (χ0) is 33.7. The summed E-state index contributed by atoms with van der Waals surface area (Å²) in [6, 6.07) is 67.3. The third-order valence-corrected chi connectivity index (χ3v) is 11.1. The predicted octanol–water partition coefficient (Wildman–Crippen LogP) is 14.4. The molecule has 0 N–H and O–H groups in total. The summed E-state index contributed by atoms with van der Waals surface area (Å²) in [4.78, 5) is 2.34. The molecule has 0 aliphatic carbocycles. The summed E-state index contributed by atoms with van der Waals surface area (Å²) >= 11 is 1.84. The number of rotatable bonds is 6. The molecule has 10 aromatic rings. The Labute approximate surface area is 300 Å². The first-order chi connectivity index (χ1) is 25.3. The van der Waals surface area contributed by atoms with E-state index in [2.05, 4.69) is 181 Å². The number of hydrogen-bond acceptors (Lipinski definition) is 3. The number of hydrogen-bond donors (Lipinski definition) is 0. The van der Waals surface area contributed by atoms with Crippen molar-refractivity contribution in [1.82, 2.24) is 0 Å². The monoisotopic (exact) mass is 669 g/mol. The second-order valence-corrected chi connectivity index (χ2v) is 14.0. The standard InChI is InChI=1S/C48H31NOS/c1-2-11-34(12-3-1)38-13-4-5-14-39(38)35-23-21-32(22-24-35)33-25-27-36(28-26-33)49(37-29-30-47-43(31-37)41-16-7-9-20-46(41)51-47)44-18-10-17-42-40-15-6-8-19-45(40)50-48(42)44/h1-31H. The molecular weight excluding hydrogens is 639 g/mol. The minimum absolute atomic E-state index is 0.879. The van der Waals surface area contributed by atoms with Crippen LogP contribution in [0.2, 0.25) is 0 Å². The second-order valence-electron chi connectivity index (χ2n) is 12.9. The van der Waals surface area contributed by atoms with E-state index in [-0.39, 0.29) is 0 Å². The number of thiophene rings is 1. The summed E-state index contributed by atoms with van der Waals surface area (Å²) in [5.74, 6) is 0. The highest BCUT2D eigenvalue weighted by Gasteiger charge is 2.20. The van der Waals surface area contributed by atoms with Gasteiger partial charge in [-0.05, 0) is 81.9 Å². The minimum Gasteiger partial charge on any atom is -0.454 e. The highest BCUT2D eigenvalue weighted by molar-refractivity contribution is 7.25. The van der Waals surface area contributed by atoms with Gasteiger partial charge in [-0.25, -0.2) is 0 Å². The van der Waals surface area contributed by atoms with E-state index in [1.54, 1.807) is 0 Å². The minimum atomic E-state index is 0.879. The molecule has 0 aliphatic rings. The summed E-state index contributed by atoms with van der Waals surface area (Å²) in [6.07, 6.45) is 0. The van der Waals surface area contributed by atoms with E-state index in [0.29, 0.717) is 0 Å². The Morgan fingerprint density at radius 3 is 1.73 bits per heavy atom. The first kappa shape index (κ1) is 29.5. The van der Waals surface area contributed by atoms with E-state index in [9.17, 15) is 0 Å². The Kier molecular flexibility index (Phi) is 7.04. The lowest BCUT2D eigenvalue weighted by atomic mass is 9.93. The molecule has 8 aromatic carbocycles. The Balaban J connectivity index is 1.07. The fourth-order valence-corrected chi connectivity index (χ4v) is 8.52. The molecule has 0 unspecified atom stereocenters. The number of anilines is 3. The molecule has 3 heteroatoms. The van der Waals surface area contributed by atoms with Crippen LogP contribution in [0.3, 0.4) is 0 Å². The van der Waals surface area contributed by atoms with Crippen molar-refractivity contribution in [2.45, 2.75) is 0 Å². The summed E-state index contributed by atoms with van der Waals surface area (Å²) in [5, 5.41) is 4.78. The van der Waals surface area contributed by atoms with Crippen molar-refractivity contribution in [3.05, 3.63) is 188 Å². The first-order valence-electron chi connectivity index (χ1n) is 17.3. The quantitative estimate of drug-likeness (QED) is 0.175. The van der Waals surface area contributed by atoms with Crippen molar-refractivity contribution >= 4 is 70.5 Å². The maximum absolute atomic E-state index is 6.59. The number of benzene rings is 8. The van der Waals surface area contributed by atoms with E-state index in [4.69, 9.17) is 4.42 Å². The van der Waals surface area contributed by atoms with Crippen molar-refractivity contribution < 1.29 is 4.42 Å². The average Bonchev–Trinajstić information content (AvgIpc) is 3.78. The van der Waals surface area contributed by atoms with Gasteiger partial charge in [-0.15, -0.1) is 11.3 Å². The number of nitrogens with zero attached hydrogens (tertiary/aromatic N) is 1. The summed E-state index contributed by atoms with van der Waals surface area (Å²) in [5.41, 5.74) is 12.2. The molecule has 0 bridgehead atoms. The lowest BCUT2D eigenvalue weighted by Gasteiger charge is -2.26. The molecule has 0 amide bonds. The van der Waals surface area contributed by atoms with E-state index in [1.165, 1.54) is 53.6 Å². The van der Waals surface area contributed by atoms with Gasteiger partial charge in [0.05, 0.1) is 5.69 Å². The SMILES string of the molecule is c1ccc(-c2ccccc2-c2ccc(-c3ccc(N(c4ccc5sc6ccccc6c5c4)c4cccc5c4oc4ccccc45)cc3)cc2)cc1. The van der Waals surface area contributed by atoms with Gasteiger partial charge in [0.2, 0.25) is 0 Å². The van der Waals surface area contributed by atoms with Crippen LogP contribution in [0.15, 0.2) is 192 Å². The molecule has 240 valence electrons. The molecule has 0 radical (unpaired) electrons. The van der Waals surface area contributed by atoms with Crippen LogP contribution in [0.5, 0.6) is 0 Å². The molecule has 0 saturated heterocycles. The largest absolute Gasteiger partial charge is 0.454 e. The fraction of sp³-hybridized carbons (Fsp3) is 0. The van der Waals surface area contributed by atoms with Gasteiger partial charge < -0.3 is 9.32 Å². The summed E-state index contributed by atoms with van der Waals surface area (Å²) < 4.78 is 9.17. The third-order valence-electron chi connectivity index (χ3n) is 9.91. The van der Waals surface area contributed by atoms with Gasteiger partial charge in [-0.1, -0.05) is 140 Å². The highest BCUT2D eigenvalue weighted by atomic mass is 32.1. The predicted molar refractivity (Wildman–Crippen MR) is 218 cm³/mol. The Morgan fingerprint density at radius 1 is 0.373 bits per heavy atom. The molecule has 0 fully saturated rings. The van der Waals surface area contributed by atoms with Crippen molar-refractivity contribution in [1.29, 1.82) is 0 Å². The highest BCUT2D eigenvalue weighted by Crippen LogP contribution is 2.45. The van der Waals surface area contributed by atoms with Gasteiger partial charge in [0.15, 0.2) is 5.58 Å². The van der Waals surface area contributed by atoms with Crippen molar-refractivity contribution in [3.8, 4) is 33.4 Å². The molecule has 51 heavy (non-hydrogen) atoms. The molecular formula is C48H31NOS. The third kappa shape index (κ3) is 5.10. The average molecular weight is 670 g/mol. The molecule has 0 spiro atoms. The number of fused-ring (bicyclic) bond motifs is 6. The number of para-hydroxylation sites is 2. The van der Waals surface area contributed by atoms with Gasteiger partial charge in [0.1, 0.15) is 5.58 Å². The Hall–Kier alpha value is -6.42. The van der Waals surface area contributed by atoms with Crippen LogP contribution in [0.25, 0.3) is 75.5 Å². The lowest BCUT2D eigenvalue weighted by molar-refractivity contribution is 0.669. The maximum atomic E-state index is 6.59. The number of furan rings is 1.